The molecule has 0 heterocycles. The van der Waals surface area contributed by atoms with Crippen molar-refractivity contribution in [2.45, 2.75) is 6.92 Å². The molecule has 0 amide bonds. The molecule has 0 atom stereocenters. The van der Waals surface area contributed by atoms with Gasteiger partial charge in [-0.15, -0.1) is 0 Å². The number of non-ortho nitro benzene ring substituents is 1. The van der Waals surface area contributed by atoms with Gasteiger partial charge in [-0.05, 0) is 36.1 Å². The molecule has 0 aromatic heterocycles. The minimum atomic E-state index is -1.93. The fourth-order valence-electron chi connectivity index (χ4n) is 1.85. The Balaban J connectivity index is 2.34. The van der Waals surface area contributed by atoms with Crippen LogP contribution in [0.3, 0.4) is 0 Å². The lowest BCUT2D eigenvalue weighted by Gasteiger charge is -2.07. The molecule has 0 saturated heterocycles. The third-order valence-electron chi connectivity index (χ3n) is 2.88. The van der Waals surface area contributed by atoms with E-state index >= 15 is 0 Å². The van der Waals surface area contributed by atoms with Crippen LogP contribution in [0.2, 0.25) is 0 Å². The molecule has 0 bridgehead atoms. The lowest BCUT2D eigenvalue weighted by molar-refractivity contribution is -0.384. The maximum atomic E-state index is 12.1. The van der Waals surface area contributed by atoms with Crippen molar-refractivity contribution >= 4 is 24.2 Å². The Morgan fingerprint density at radius 3 is 2.55 bits per heavy atom. The summed E-state index contributed by atoms with van der Waals surface area (Å²) in [5.74, 6) is -0.529. The van der Waals surface area contributed by atoms with E-state index < -0.39 is 23.7 Å². The van der Waals surface area contributed by atoms with E-state index in [0.29, 0.717) is 5.75 Å². The number of carbonyl (C=O) groups is 1. The molecule has 0 spiro atoms. The van der Waals surface area contributed by atoms with E-state index in [-0.39, 0.29) is 11.0 Å². The number of ether oxygens (including phenoxy) is 1. The highest BCUT2D eigenvalue weighted by Gasteiger charge is 2.21. The molecule has 2 N–H and O–H groups in total. The number of benzene rings is 2. The first-order chi connectivity index (χ1) is 10.4. The van der Waals surface area contributed by atoms with Gasteiger partial charge in [0.25, 0.3) is 5.69 Å². The summed E-state index contributed by atoms with van der Waals surface area (Å²) in [7, 11) is -1.93. The maximum absolute atomic E-state index is 12.1. The van der Waals surface area contributed by atoms with Gasteiger partial charge in [0.15, 0.2) is 0 Å². The van der Waals surface area contributed by atoms with E-state index in [2.05, 4.69) is 0 Å². The summed E-state index contributed by atoms with van der Waals surface area (Å²) in [5, 5.41) is 29.1. The van der Waals surface area contributed by atoms with Gasteiger partial charge in [-0.25, -0.2) is 4.79 Å². The Labute approximate surface area is 126 Å². The van der Waals surface area contributed by atoms with Crippen molar-refractivity contribution in [2.24, 2.45) is 0 Å². The van der Waals surface area contributed by atoms with Gasteiger partial charge in [-0.3, -0.25) is 10.1 Å². The van der Waals surface area contributed by atoms with Crippen molar-refractivity contribution in [1.82, 2.24) is 0 Å². The molecule has 2 aromatic carbocycles. The average Bonchev–Trinajstić information content (AvgIpc) is 2.46. The van der Waals surface area contributed by atoms with Crippen LogP contribution >= 0.6 is 0 Å². The third kappa shape index (κ3) is 3.69. The number of nitrogens with zero attached hydrogens (tertiary/aromatic N) is 1. The zero-order chi connectivity index (χ0) is 16.3. The number of hydrogen-bond acceptors (Lipinski definition) is 6. The van der Waals surface area contributed by atoms with Gasteiger partial charge in [0.2, 0.25) is 0 Å². The molecular formula is C14H12BNO6. The minimum Gasteiger partial charge on any atom is -0.423 e. The van der Waals surface area contributed by atoms with Crippen molar-refractivity contribution < 1.29 is 24.5 Å². The van der Waals surface area contributed by atoms with Crippen LogP contribution in [-0.4, -0.2) is 28.1 Å². The number of nitro benzene ring substituents is 1. The highest BCUT2D eigenvalue weighted by Crippen LogP contribution is 2.17. The summed E-state index contributed by atoms with van der Waals surface area (Å²) in [4.78, 5) is 22.2. The van der Waals surface area contributed by atoms with Crippen LogP contribution in [0.25, 0.3) is 0 Å². The summed E-state index contributed by atoms with van der Waals surface area (Å²) in [6, 6.07) is 9.87. The number of aryl methyl sites for hydroxylation is 1. The summed E-state index contributed by atoms with van der Waals surface area (Å²) >= 11 is 0. The number of rotatable bonds is 4. The lowest BCUT2D eigenvalue weighted by atomic mass is 9.79. The van der Waals surface area contributed by atoms with E-state index in [4.69, 9.17) is 14.8 Å². The number of carbonyl (C=O) groups excluding carboxylic acids is 1. The average molecular weight is 301 g/mol. The number of esters is 1. The fraction of sp³-hybridized carbons (Fsp3) is 0.0714. The smallest absolute Gasteiger partial charge is 0.423 e. The first kappa shape index (κ1) is 15.7. The Hall–Kier alpha value is -2.71. The molecular weight excluding hydrogens is 289 g/mol. The Morgan fingerprint density at radius 1 is 1.23 bits per heavy atom. The summed E-state index contributed by atoms with van der Waals surface area (Å²) < 4.78 is 5.13. The largest absolute Gasteiger partial charge is 0.488 e. The molecule has 112 valence electrons. The molecule has 0 aliphatic heterocycles. The van der Waals surface area contributed by atoms with Crippen LogP contribution in [0.4, 0.5) is 5.69 Å². The molecule has 7 nitrogen and oxygen atoms in total. The topological polar surface area (TPSA) is 110 Å². The van der Waals surface area contributed by atoms with E-state index in [1.165, 1.54) is 0 Å². The Kier molecular flexibility index (Phi) is 4.54. The summed E-state index contributed by atoms with van der Waals surface area (Å²) in [6.07, 6.45) is 0. The number of nitro groups is 1. The van der Waals surface area contributed by atoms with Gasteiger partial charge in [0.1, 0.15) is 5.75 Å². The molecule has 0 unspecified atom stereocenters. The van der Waals surface area contributed by atoms with Crippen molar-refractivity contribution in [2.75, 3.05) is 0 Å². The number of hydrogen-bond donors (Lipinski definition) is 2. The zero-order valence-corrected chi connectivity index (χ0v) is 11.6. The Bertz CT molecular complexity index is 731. The zero-order valence-electron chi connectivity index (χ0n) is 11.6. The summed E-state index contributed by atoms with van der Waals surface area (Å²) in [5.41, 5.74) is 0.154. The predicted octanol–water partition coefficient (Wildman–Crippen LogP) is 0.802. The van der Waals surface area contributed by atoms with Crippen LogP contribution in [0, 0.1) is 17.0 Å². The van der Waals surface area contributed by atoms with Crippen LogP contribution in [0.1, 0.15) is 15.9 Å². The highest BCUT2D eigenvalue weighted by molar-refractivity contribution is 6.58. The van der Waals surface area contributed by atoms with Gasteiger partial charge in [0.05, 0.1) is 10.5 Å². The molecule has 8 heteroatoms. The van der Waals surface area contributed by atoms with Crippen molar-refractivity contribution in [3.8, 4) is 5.75 Å². The molecule has 0 fully saturated rings. The molecule has 22 heavy (non-hydrogen) atoms. The monoisotopic (exact) mass is 301 g/mol. The Morgan fingerprint density at radius 2 is 1.95 bits per heavy atom. The van der Waals surface area contributed by atoms with Crippen LogP contribution in [0.15, 0.2) is 42.5 Å². The lowest BCUT2D eigenvalue weighted by Crippen LogP contribution is -2.31. The highest BCUT2D eigenvalue weighted by atomic mass is 16.6. The minimum absolute atomic E-state index is 0.140. The standard InChI is InChI=1S/C14H12BNO6/c1-9-3-2-4-13(5-9)22-14(17)10-6-11(15(18)19)8-12(7-10)16(20)21/h2-8,18-19H,1H3. The molecule has 2 aromatic rings. The van der Waals surface area contributed by atoms with Crippen LogP contribution in [-0.2, 0) is 0 Å². The quantitative estimate of drug-likeness (QED) is 0.284. The SMILES string of the molecule is Cc1cccc(OC(=O)c2cc(B(O)O)cc([N+](=O)[O-])c2)c1. The first-order valence-corrected chi connectivity index (χ1v) is 6.31. The van der Waals surface area contributed by atoms with Crippen molar-refractivity contribution in [3.05, 3.63) is 63.7 Å². The normalized spacial score (nSPS) is 10.1. The van der Waals surface area contributed by atoms with E-state index in [0.717, 1.165) is 23.8 Å². The second-order valence-electron chi connectivity index (χ2n) is 4.65. The summed E-state index contributed by atoms with van der Waals surface area (Å²) in [6.45, 7) is 1.82. The van der Waals surface area contributed by atoms with Crippen LogP contribution < -0.4 is 10.2 Å². The molecule has 0 aliphatic rings. The third-order valence-corrected chi connectivity index (χ3v) is 2.88. The first-order valence-electron chi connectivity index (χ1n) is 6.31. The molecule has 2 rings (SSSR count). The van der Waals surface area contributed by atoms with Gasteiger partial charge in [-0.1, -0.05) is 12.1 Å². The van der Waals surface area contributed by atoms with Crippen molar-refractivity contribution in [1.29, 1.82) is 0 Å². The molecule has 0 aliphatic carbocycles. The van der Waals surface area contributed by atoms with E-state index in [1.54, 1.807) is 18.2 Å². The predicted molar refractivity (Wildman–Crippen MR) is 79.1 cm³/mol. The second kappa shape index (κ2) is 6.38. The van der Waals surface area contributed by atoms with Gasteiger partial charge < -0.3 is 14.8 Å². The van der Waals surface area contributed by atoms with Crippen molar-refractivity contribution in [3.63, 3.8) is 0 Å². The van der Waals surface area contributed by atoms with Gasteiger partial charge in [0, 0.05) is 12.1 Å². The molecule has 0 saturated carbocycles. The van der Waals surface area contributed by atoms with Gasteiger partial charge >= 0.3 is 13.1 Å². The van der Waals surface area contributed by atoms with Crippen LogP contribution in [0.5, 0.6) is 5.75 Å². The fourth-order valence-corrected chi connectivity index (χ4v) is 1.85. The van der Waals surface area contributed by atoms with Gasteiger partial charge in [-0.2, -0.15) is 0 Å². The second-order valence-corrected chi connectivity index (χ2v) is 4.65. The maximum Gasteiger partial charge on any atom is 0.488 e. The van der Waals surface area contributed by atoms with E-state index in [1.807, 2.05) is 13.0 Å². The van der Waals surface area contributed by atoms with E-state index in [9.17, 15) is 14.9 Å². The molecule has 0 radical (unpaired) electrons.